The number of carbonyl (C=O) groups excluding carboxylic acids is 1. The van der Waals surface area contributed by atoms with E-state index in [0.29, 0.717) is 6.42 Å². The fraction of sp³-hybridized carbons (Fsp3) is 0.696. The average Bonchev–Trinajstić information content (AvgIpc) is 2.65. The highest BCUT2D eigenvalue weighted by Crippen LogP contribution is 2.35. The Morgan fingerprint density at radius 2 is 1.04 bits per heavy atom. The fourth-order valence-corrected chi connectivity index (χ4v) is 3.39. The van der Waals surface area contributed by atoms with Gasteiger partial charge >= 0.3 is 0 Å². The first-order chi connectivity index (χ1) is 13.1. The van der Waals surface area contributed by atoms with Gasteiger partial charge in [0, 0.05) is 12.0 Å². The molecule has 1 aromatic carbocycles. The van der Waals surface area contributed by atoms with Crippen LogP contribution in [0.1, 0.15) is 114 Å². The van der Waals surface area contributed by atoms with E-state index in [0.717, 1.165) is 19.3 Å². The summed E-state index contributed by atoms with van der Waals surface area (Å²) < 4.78 is 0. The number of hydrogen-bond donors (Lipinski definition) is 3. The summed E-state index contributed by atoms with van der Waals surface area (Å²) in [4.78, 5) is 12.1. The van der Waals surface area contributed by atoms with Gasteiger partial charge < -0.3 is 15.3 Å². The molecule has 0 unspecified atom stereocenters. The zero-order valence-electron chi connectivity index (χ0n) is 17.0. The van der Waals surface area contributed by atoms with Gasteiger partial charge in [0.15, 0.2) is 23.0 Å². The third kappa shape index (κ3) is 10.3. The van der Waals surface area contributed by atoms with E-state index in [1.54, 1.807) is 0 Å². The van der Waals surface area contributed by atoms with E-state index in [1.807, 2.05) is 0 Å². The SMILES string of the molecule is CCCCCCCCCCCCCCCCC(=O)c1cc(O)c(O)c(O)c1. The van der Waals surface area contributed by atoms with Crippen LogP contribution in [0.2, 0.25) is 0 Å². The minimum atomic E-state index is -0.581. The molecule has 3 N–H and O–H groups in total. The Kier molecular flexibility index (Phi) is 12.4. The summed E-state index contributed by atoms with van der Waals surface area (Å²) in [6.45, 7) is 2.25. The van der Waals surface area contributed by atoms with Gasteiger partial charge in [0.25, 0.3) is 0 Å². The predicted octanol–water partition coefficient (Wildman–Crippen LogP) is 6.86. The van der Waals surface area contributed by atoms with E-state index in [4.69, 9.17) is 0 Å². The molecule has 0 aliphatic heterocycles. The number of rotatable bonds is 16. The first-order valence-corrected chi connectivity index (χ1v) is 10.8. The van der Waals surface area contributed by atoms with Crippen molar-refractivity contribution in [3.05, 3.63) is 17.7 Å². The van der Waals surface area contributed by atoms with Crippen LogP contribution in [0.25, 0.3) is 0 Å². The fourth-order valence-electron chi connectivity index (χ4n) is 3.39. The summed E-state index contributed by atoms with van der Waals surface area (Å²) in [6.07, 6.45) is 18.2. The molecule has 1 aromatic rings. The summed E-state index contributed by atoms with van der Waals surface area (Å²) in [6, 6.07) is 2.42. The van der Waals surface area contributed by atoms with E-state index < -0.39 is 17.2 Å². The molecule has 4 nitrogen and oxygen atoms in total. The maximum atomic E-state index is 12.1. The standard InChI is InChI=1S/C23H38O4/c1-2-3-4-5-6-7-8-9-10-11-12-13-14-15-16-20(24)19-17-21(25)23(27)22(26)18-19/h17-18,25-27H,2-16H2,1H3. The Bertz CT molecular complexity index is 516. The van der Waals surface area contributed by atoms with Crippen molar-refractivity contribution in [3.63, 3.8) is 0 Å². The van der Waals surface area contributed by atoms with Gasteiger partial charge in [-0.05, 0) is 18.6 Å². The van der Waals surface area contributed by atoms with Crippen molar-refractivity contribution in [2.45, 2.75) is 103 Å². The Morgan fingerprint density at radius 3 is 1.44 bits per heavy atom. The number of unbranched alkanes of at least 4 members (excludes halogenated alkanes) is 13. The maximum absolute atomic E-state index is 12.1. The highest BCUT2D eigenvalue weighted by molar-refractivity contribution is 5.97. The van der Waals surface area contributed by atoms with Gasteiger partial charge in [0.2, 0.25) is 0 Å². The van der Waals surface area contributed by atoms with Crippen molar-refractivity contribution >= 4 is 5.78 Å². The lowest BCUT2D eigenvalue weighted by molar-refractivity contribution is 0.0978. The molecular weight excluding hydrogens is 340 g/mol. The molecule has 0 aliphatic carbocycles. The van der Waals surface area contributed by atoms with Crippen LogP contribution >= 0.6 is 0 Å². The molecule has 4 heteroatoms. The van der Waals surface area contributed by atoms with Crippen molar-refractivity contribution < 1.29 is 20.1 Å². The second-order valence-electron chi connectivity index (χ2n) is 7.63. The molecule has 0 aliphatic rings. The first kappa shape index (κ1) is 23.3. The van der Waals surface area contributed by atoms with E-state index in [1.165, 1.54) is 82.8 Å². The second-order valence-corrected chi connectivity index (χ2v) is 7.63. The van der Waals surface area contributed by atoms with E-state index in [-0.39, 0.29) is 11.3 Å². The monoisotopic (exact) mass is 378 g/mol. The van der Waals surface area contributed by atoms with Gasteiger partial charge in [-0.25, -0.2) is 0 Å². The number of carbonyl (C=O) groups is 1. The minimum absolute atomic E-state index is 0.112. The third-order valence-corrected chi connectivity index (χ3v) is 5.15. The van der Waals surface area contributed by atoms with Crippen molar-refractivity contribution in [2.75, 3.05) is 0 Å². The predicted molar refractivity (Wildman–Crippen MR) is 111 cm³/mol. The third-order valence-electron chi connectivity index (χ3n) is 5.15. The summed E-state index contributed by atoms with van der Waals surface area (Å²) >= 11 is 0. The van der Waals surface area contributed by atoms with Crippen LogP contribution in [-0.2, 0) is 0 Å². The minimum Gasteiger partial charge on any atom is -0.504 e. The summed E-state index contributed by atoms with van der Waals surface area (Å²) in [5.74, 6) is -1.61. The number of phenols is 3. The van der Waals surface area contributed by atoms with Gasteiger partial charge in [0.1, 0.15) is 0 Å². The number of benzene rings is 1. The normalized spacial score (nSPS) is 11.0. The largest absolute Gasteiger partial charge is 0.504 e. The quantitative estimate of drug-likeness (QED) is 0.167. The van der Waals surface area contributed by atoms with Crippen LogP contribution in [0.4, 0.5) is 0 Å². The molecule has 0 saturated heterocycles. The molecule has 0 spiro atoms. The van der Waals surface area contributed by atoms with Gasteiger partial charge in [-0.1, -0.05) is 90.4 Å². The van der Waals surface area contributed by atoms with Crippen LogP contribution in [0.3, 0.4) is 0 Å². The molecule has 0 radical (unpaired) electrons. The molecular formula is C23H38O4. The smallest absolute Gasteiger partial charge is 0.200 e. The number of aromatic hydroxyl groups is 3. The summed E-state index contributed by atoms with van der Waals surface area (Å²) in [7, 11) is 0. The summed E-state index contributed by atoms with van der Waals surface area (Å²) in [5.41, 5.74) is 0.248. The second kappa shape index (κ2) is 14.4. The molecule has 0 atom stereocenters. The lowest BCUT2D eigenvalue weighted by atomic mass is 10.0. The topological polar surface area (TPSA) is 77.8 Å². The summed E-state index contributed by atoms with van der Waals surface area (Å²) in [5, 5.41) is 28.2. The van der Waals surface area contributed by atoms with Crippen LogP contribution in [0.5, 0.6) is 17.2 Å². The van der Waals surface area contributed by atoms with E-state index >= 15 is 0 Å². The molecule has 27 heavy (non-hydrogen) atoms. The average molecular weight is 379 g/mol. The van der Waals surface area contributed by atoms with Crippen molar-refractivity contribution in [3.8, 4) is 17.2 Å². The lowest BCUT2D eigenvalue weighted by Crippen LogP contribution is -1.99. The van der Waals surface area contributed by atoms with Crippen LogP contribution < -0.4 is 0 Å². The van der Waals surface area contributed by atoms with Crippen LogP contribution in [0.15, 0.2) is 12.1 Å². The highest BCUT2D eigenvalue weighted by atomic mass is 16.3. The van der Waals surface area contributed by atoms with Crippen LogP contribution in [0, 0.1) is 0 Å². The van der Waals surface area contributed by atoms with Gasteiger partial charge in [-0.2, -0.15) is 0 Å². The molecule has 0 amide bonds. The Morgan fingerprint density at radius 1 is 0.667 bits per heavy atom. The Balaban J connectivity index is 1.96. The highest BCUT2D eigenvalue weighted by Gasteiger charge is 2.13. The van der Waals surface area contributed by atoms with E-state index in [2.05, 4.69) is 6.92 Å². The first-order valence-electron chi connectivity index (χ1n) is 10.8. The maximum Gasteiger partial charge on any atom is 0.200 e. The van der Waals surface area contributed by atoms with Crippen molar-refractivity contribution in [1.29, 1.82) is 0 Å². The van der Waals surface area contributed by atoms with Crippen molar-refractivity contribution in [2.24, 2.45) is 0 Å². The molecule has 0 bridgehead atoms. The zero-order valence-corrected chi connectivity index (χ0v) is 17.0. The molecule has 1 rings (SSSR count). The molecule has 0 heterocycles. The lowest BCUT2D eigenvalue weighted by Gasteiger charge is -2.06. The number of Topliss-reactive ketones (excluding diaryl/α,β-unsaturated/α-hetero) is 1. The Hall–Kier alpha value is -1.71. The number of phenolic OH excluding ortho intramolecular Hbond substituents is 3. The van der Waals surface area contributed by atoms with Crippen molar-refractivity contribution in [1.82, 2.24) is 0 Å². The van der Waals surface area contributed by atoms with Gasteiger partial charge in [0.05, 0.1) is 0 Å². The molecule has 0 saturated carbocycles. The van der Waals surface area contributed by atoms with E-state index in [9.17, 15) is 20.1 Å². The Labute approximate surface area is 164 Å². The zero-order chi connectivity index (χ0) is 19.9. The van der Waals surface area contributed by atoms with Gasteiger partial charge in [-0.15, -0.1) is 0 Å². The molecule has 154 valence electrons. The molecule has 0 fully saturated rings. The van der Waals surface area contributed by atoms with Crippen LogP contribution in [-0.4, -0.2) is 21.1 Å². The number of ketones is 1. The molecule has 0 aromatic heterocycles. The number of hydrogen-bond acceptors (Lipinski definition) is 4. The van der Waals surface area contributed by atoms with Gasteiger partial charge in [-0.3, -0.25) is 4.79 Å².